The van der Waals surface area contributed by atoms with Crippen molar-refractivity contribution < 1.29 is 4.74 Å². The number of benzene rings is 1. The lowest BCUT2D eigenvalue weighted by molar-refractivity contribution is 0.221. The molecule has 150 valence electrons. The van der Waals surface area contributed by atoms with Crippen LogP contribution in [0.2, 0.25) is 0 Å². The van der Waals surface area contributed by atoms with Gasteiger partial charge in [0.2, 0.25) is 5.88 Å². The number of ether oxygens (including phenoxy) is 1. The van der Waals surface area contributed by atoms with Gasteiger partial charge in [-0.05, 0) is 43.1 Å². The maximum Gasteiger partial charge on any atom is 0.218 e. The van der Waals surface area contributed by atoms with Crippen LogP contribution in [0, 0.1) is 0 Å². The van der Waals surface area contributed by atoms with Crippen LogP contribution in [0.5, 0.6) is 5.88 Å². The topological polar surface area (TPSA) is 61.8 Å². The number of rotatable bonds is 7. The number of nitrogens with one attached hydrogen (secondary N) is 2. The van der Waals surface area contributed by atoms with Crippen LogP contribution in [-0.4, -0.2) is 43.1 Å². The summed E-state index contributed by atoms with van der Waals surface area (Å²) in [6, 6.07) is 12.8. The van der Waals surface area contributed by atoms with E-state index in [2.05, 4.69) is 49.8 Å². The number of hydrogen-bond donors (Lipinski definition) is 2. The van der Waals surface area contributed by atoms with Gasteiger partial charge in [-0.2, -0.15) is 0 Å². The van der Waals surface area contributed by atoms with Crippen LogP contribution in [-0.2, 0) is 19.6 Å². The monoisotopic (exact) mass is 381 g/mol. The first-order valence-corrected chi connectivity index (χ1v) is 10.0. The first kappa shape index (κ1) is 20.1. The summed E-state index contributed by atoms with van der Waals surface area (Å²) in [5.74, 6) is 1.39. The van der Waals surface area contributed by atoms with E-state index in [4.69, 9.17) is 4.74 Å². The zero-order valence-electron chi connectivity index (χ0n) is 16.9. The minimum atomic E-state index is 0.603. The number of aromatic nitrogens is 1. The van der Waals surface area contributed by atoms with Crippen LogP contribution in [0.15, 0.2) is 47.6 Å². The number of piperidine rings is 1. The Kier molecular flexibility index (Phi) is 7.67. The summed E-state index contributed by atoms with van der Waals surface area (Å²) < 4.78 is 5.29. The molecule has 1 aromatic heterocycles. The molecule has 2 heterocycles. The molecule has 28 heavy (non-hydrogen) atoms. The first-order valence-electron chi connectivity index (χ1n) is 10.0. The van der Waals surface area contributed by atoms with Crippen molar-refractivity contribution in [1.82, 2.24) is 20.5 Å². The van der Waals surface area contributed by atoms with E-state index in [0.29, 0.717) is 12.4 Å². The van der Waals surface area contributed by atoms with Crippen molar-refractivity contribution in [3.63, 3.8) is 0 Å². The van der Waals surface area contributed by atoms with Crippen molar-refractivity contribution in [2.75, 3.05) is 27.2 Å². The number of likely N-dealkylation sites (tertiary alicyclic amines) is 1. The fourth-order valence-corrected chi connectivity index (χ4v) is 3.47. The summed E-state index contributed by atoms with van der Waals surface area (Å²) in [5.41, 5.74) is 3.62. The predicted octanol–water partition coefficient (Wildman–Crippen LogP) is 2.94. The quantitative estimate of drug-likeness (QED) is 0.570. The van der Waals surface area contributed by atoms with Crippen molar-refractivity contribution >= 4 is 5.96 Å². The molecule has 2 aromatic rings. The third-order valence-corrected chi connectivity index (χ3v) is 5.05. The van der Waals surface area contributed by atoms with E-state index in [0.717, 1.165) is 24.6 Å². The second kappa shape index (κ2) is 10.7. The molecule has 0 amide bonds. The van der Waals surface area contributed by atoms with Gasteiger partial charge in [0.1, 0.15) is 0 Å². The minimum absolute atomic E-state index is 0.603. The van der Waals surface area contributed by atoms with E-state index in [1.54, 1.807) is 20.4 Å². The van der Waals surface area contributed by atoms with Crippen LogP contribution in [0.1, 0.15) is 36.0 Å². The van der Waals surface area contributed by atoms with Crippen molar-refractivity contribution in [3.05, 3.63) is 59.3 Å². The number of hydrogen-bond acceptors (Lipinski definition) is 4. The zero-order chi connectivity index (χ0) is 19.6. The Morgan fingerprint density at radius 1 is 1.04 bits per heavy atom. The average Bonchev–Trinajstić information content (AvgIpc) is 2.76. The highest BCUT2D eigenvalue weighted by Crippen LogP contribution is 2.14. The average molecular weight is 382 g/mol. The van der Waals surface area contributed by atoms with Crippen molar-refractivity contribution in [2.24, 2.45) is 4.99 Å². The van der Waals surface area contributed by atoms with Crippen molar-refractivity contribution in [2.45, 2.75) is 38.9 Å². The van der Waals surface area contributed by atoms with Crippen molar-refractivity contribution in [3.8, 4) is 5.88 Å². The Hall–Kier alpha value is -2.60. The molecule has 0 saturated carbocycles. The number of aliphatic imine (C=N–C) groups is 1. The van der Waals surface area contributed by atoms with Crippen molar-refractivity contribution in [1.29, 1.82) is 0 Å². The molecule has 6 nitrogen and oxygen atoms in total. The maximum atomic E-state index is 5.29. The third-order valence-electron chi connectivity index (χ3n) is 5.05. The number of methoxy groups -OCH3 is 1. The van der Waals surface area contributed by atoms with Gasteiger partial charge in [0, 0.05) is 38.4 Å². The van der Waals surface area contributed by atoms with E-state index in [9.17, 15) is 0 Å². The van der Waals surface area contributed by atoms with E-state index in [1.807, 2.05) is 12.1 Å². The third kappa shape index (κ3) is 5.96. The van der Waals surface area contributed by atoms with E-state index >= 15 is 0 Å². The first-order chi connectivity index (χ1) is 13.8. The number of nitrogens with zero attached hydrogens (tertiary/aromatic N) is 3. The lowest BCUT2D eigenvalue weighted by Crippen LogP contribution is -2.36. The summed E-state index contributed by atoms with van der Waals surface area (Å²) in [7, 11) is 3.41. The van der Waals surface area contributed by atoms with Gasteiger partial charge in [0.25, 0.3) is 0 Å². The second-order valence-corrected chi connectivity index (χ2v) is 7.10. The standard InChI is InChI=1S/C22H31N5O/c1-23-22(26-16-20-7-6-12-24-21(20)28-2)25-15-18-8-10-19(11-9-18)17-27-13-4-3-5-14-27/h6-12H,3-5,13-17H2,1-2H3,(H2,23,25,26). The molecule has 1 fully saturated rings. The molecule has 2 N–H and O–H groups in total. The van der Waals surface area contributed by atoms with E-state index in [-0.39, 0.29) is 0 Å². The molecular weight excluding hydrogens is 350 g/mol. The lowest BCUT2D eigenvalue weighted by Gasteiger charge is -2.26. The predicted molar refractivity (Wildman–Crippen MR) is 113 cm³/mol. The van der Waals surface area contributed by atoms with Crippen LogP contribution in [0.3, 0.4) is 0 Å². The maximum absolute atomic E-state index is 5.29. The minimum Gasteiger partial charge on any atom is -0.481 e. The Labute approximate surface area is 168 Å². The van der Waals surface area contributed by atoms with Crippen LogP contribution >= 0.6 is 0 Å². The molecule has 0 atom stereocenters. The molecule has 1 aromatic carbocycles. The Bertz CT molecular complexity index is 754. The molecule has 6 heteroatoms. The molecule has 0 spiro atoms. The molecule has 3 rings (SSSR count). The zero-order valence-corrected chi connectivity index (χ0v) is 16.9. The SMILES string of the molecule is CN=C(NCc1ccc(CN2CCCCC2)cc1)NCc1cccnc1OC. The molecule has 0 radical (unpaired) electrons. The van der Waals surface area contributed by atoms with E-state index in [1.165, 1.54) is 43.5 Å². The molecule has 1 aliphatic heterocycles. The number of pyridine rings is 1. The Morgan fingerprint density at radius 3 is 2.46 bits per heavy atom. The van der Waals surface area contributed by atoms with E-state index < -0.39 is 0 Å². The van der Waals surface area contributed by atoms with Gasteiger partial charge in [0.15, 0.2) is 5.96 Å². The number of guanidine groups is 1. The van der Waals surface area contributed by atoms with Crippen LogP contribution in [0.4, 0.5) is 0 Å². The fraction of sp³-hybridized carbons (Fsp3) is 0.455. The van der Waals surface area contributed by atoms with Gasteiger partial charge in [-0.15, -0.1) is 0 Å². The molecule has 0 aliphatic carbocycles. The van der Waals surface area contributed by atoms with Gasteiger partial charge in [0.05, 0.1) is 7.11 Å². The molecule has 1 saturated heterocycles. The highest BCUT2D eigenvalue weighted by Gasteiger charge is 2.10. The second-order valence-electron chi connectivity index (χ2n) is 7.10. The summed E-state index contributed by atoms with van der Waals surface area (Å²) in [6.07, 6.45) is 5.77. The molecule has 1 aliphatic rings. The largest absolute Gasteiger partial charge is 0.481 e. The fourth-order valence-electron chi connectivity index (χ4n) is 3.47. The van der Waals surface area contributed by atoms with Crippen LogP contribution in [0.25, 0.3) is 0 Å². The highest BCUT2D eigenvalue weighted by atomic mass is 16.5. The summed E-state index contributed by atoms with van der Waals surface area (Å²) in [4.78, 5) is 11.1. The summed E-state index contributed by atoms with van der Waals surface area (Å²) >= 11 is 0. The summed E-state index contributed by atoms with van der Waals surface area (Å²) in [6.45, 7) is 4.85. The van der Waals surface area contributed by atoms with Gasteiger partial charge in [-0.25, -0.2) is 4.98 Å². The van der Waals surface area contributed by atoms with Gasteiger partial charge in [-0.1, -0.05) is 36.8 Å². The summed E-state index contributed by atoms with van der Waals surface area (Å²) in [5, 5.41) is 6.67. The molecular formula is C22H31N5O. The normalized spacial score (nSPS) is 15.3. The van der Waals surface area contributed by atoms with Gasteiger partial charge in [-0.3, -0.25) is 9.89 Å². The van der Waals surface area contributed by atoms with Gasteiger partial charge < -0.3 is 15.4 Å². The van der Waals surface area contributed by atoms with Gasteiger partial charge >= 0.3 is 0 Å². The Balaban J connectivity index is 1.46. The molecule has 0 unspecified atom stereocenters. The lowest BCUT2D eigenvalue weighted by atomic mass is 10.1. The highest BCUT2D eigenvalue weighted by molar-refractivity contribution is 5.79. The smallest absolute Gasteiger partial charge is 0.218 e. The molecule has 0 bridgehead atoms. The Morgan fingerprint density at radius 2 is 1.75 bits per heavy atom. The van der Waals surface area contributed by atoms with Crippen LogP contribution < -0.4 is 15.4 Å².